The van der Waals surface area contributed by atoms with Crippen LogP contribution < -0.4 is 0 Å². The predicted molar refractivity (Wildman–Crippen MR) is 66.1 cm³/mol. The van der Waals surface area contributed by atoms with Crippen molar-refractivity contribution in [2.45, 2.75) is 5.03 Å². The van der Waals surface area contributed by atoms with Crippen molar-refractivity contribution in [3.8, 4) is 17.3 Å². The molecule has 0 saturated heterocycles. The summed E-state index contributed by atoms with van der Waals surface area (Å²) in [5, 5.41) is 9.58. The molecule has 2 aromatic rings. The SMILES string of the molecule is CSc1nc(-c2ccc(F)cc2)ccc1C#N. The van der Waals surface area contributed by atoms with Crippen LogP contribution in [-0.2, 0) is 0 Å². The summed E-state index contributed by atoms with van der Waals surface area (Å²) in [6, 6.07) is 11.7. The van der Waals surface area contributed by atoms with Gasteiger partial charge >= 0.3 is 0 Å². The first-order chi connectivity index (χ1) is 8.24. The van der Waals surface area contributed by atoms with E-state index in [9.17, 15) is 4.39 Å². The molecule has 1 aromatic carbocycles. The molecule has 0 N–H and O–H groups in total. The molecule has 0 unspecified atom stereocenters. The number of hydrogen-bond donors (Lipinski definition) is 0. The molecule has 0 radical (unpaired) electrons. The third-order valence-corrected chi connectivity index (χ3v) is 3.01. The summed E-state index contributed by atoms with van der Waals surface area (Å²) >= 11 is 1.42. The number of nitriles is 1. The van der Waals surface area contributed by atoms with Gasteiger partial charge in [-0.2, -0.15) is 5.26 Å². The number of rotatable bonds is 2. The van der Waals surface area contributed by atoms with Crippen molar-refractivity contribution in [2.75, 3.05) is 6.26 Å². The summed E-state index contributed by atoms with van der Waals surface area (Å²) < 4.78 is 12.8. The summed E-state index contributed by atoms with van der Waals surface area (Å²) in [6.07, 6.45) is 1.87. The zero-order chi connectivity index (χ0) is 12.3. The lowest BCUT2D eigenvalue weighted by Gasteiger charge is -2.04. The number of thioether (sulfide) groups is 1. The molecule has 0 fully saturated rings. The van der Waals surface area contributed by atoms with Gasteiger partial charge in [-0.1, -0.05) is 0 Å². The van der Waals surface area contributed by atoms with E-state index in [2.05, 4.69) is 11.1 Å². The fourth-order valence-electron chi connectivity index (χ4n) is 1.46. The molecule has 0 aliphatic rings. The summed E-state index contributed by atoms with van der Waals surface area (Å²) in [4.78, 5) is 4.38. The molecule has 2 nitrogen and oxygen atoms in total. The third-order valence-electron chi connectivity index (χ3n) is 2.31. The minimum atomic E-state index is -0.271. The van der Waals surface area contributed by atoms with E-state index in [0.717, 1.165) is 11.3 Å². The highest BCUT2D eigenvalue weighted by atomic mass is 32.2. The van der Waals surface area contributed by atoms with Gasteiger partial charge in [0.1, 0.15) is 16.9 Å². The number of halogens is 1. The van der Waals surface area contributed by atoms with E-state index in [4.69, 9.17) is 5.26 Å². The van der Waals surface area contributed by atoms with Gasteiger partial charge in [0.2, 0.25) is 0 Å². The monoisotopic (exact) mass is 244 g/mol. The lowest BCUT2D eigenvalue weighted by Crippen LogP contribution is -1.90. The quantitative estimate of drug-likeness (QED) is 0.759. The van der Waals surface area contributed by atoms with Gasteiger partial charge in [0, 0.05) is 5.56 Å². The highest BCUT2D eigenvalue weighted by Crippen LogP contribution is 2.23. The number of hydrogen-bond acceptors (Lipinski definition) is 3. The first-order valence-corrected chi connectivity index (χ1v) is 6.18. The second-order valence-electron chi connectivity index (χ2n) is 3.37. The fourth-order valence-corrected chi connectivity index (χ4v) is 1.99. The minimum absolute atomic E-state index is 0.271. The summed E-state index contributed by atoms with van der Waals surface area (Å²) in [5.74, 6) is -0.271. The average molecular weight is 244 g/mol. The van der Waals surface area contributed by atoms with Gasteiger partial charge < -0.3 is 0 Å². The van der Waals surface area contributed by atoms with E-state index in [0.29, 0.717) is 10.6 Å². The molecule has 0 spiro atoms. The molecule has 2 rings (SSSR count). The first-order valence-electron chi connectivity index (χ1n) is 4.95. The minimum Gasteiger partial charge on any atom is -0.240 e. The molecule has 1 aromatic heterocycles. The van der Waals surface area contributed by atoms with Crippen LogP contribution >= 0.6 is 11.8 Å². The molecule has 0 aliphatic heterocycles. The Morgan fingerprint density at radius 2 is 1.88 bits per heavy atom. The topological polar surface area (TPSA) is 36.7 Å². The van der Waals surface area contributed by atoms with Crippen molar-refractivity contribution in [1.82, 2.24) is 4.98 Å². The number of nitrogens with zero attached hydrogens (tertiary/aromatic N) is 2. The molecule has 1 heterocycles. The van der Waals surface area contributed by atoms with Crippen molar-refractivity contribution in [3.05, 3.63) is 47.8 Å². The van der Waals surface area contributed by atoms with Crippen LogP contribution in [0.5, 0.6) is 0 Å². The zero-order valence-electron chi connectivity index (χ0n) is 9.14. The Morgan fingerprint density at radius 1 is 1.18 bits per heavy atom. The molecule has 84 valence electrons. The van der Waals surface area contributed by atoms with E-state index >= 15 is 0 Å². The van der Waals surface area contributed by atoms with Crippen LogP contribution in [0.2, 0.25) is 0 Å². The van der Waals surface area contributed by atoms with Gasteiger partial charge in [0.15, 0.2) is 0 Å². The van der Waals surface area contributed by atoms with E-state index < -0.39 is 0 Å². The predicted octanol–water partition coefficient (Wildman–Crippen LogP) is 3.48. The van der Waals surface area contributed by atoms with E-state index in [-0.39, 0.29) is 5.82 Å². The summed E-state index contributed by atoms with van der Waals surface area (Å²) in [6.45, 7) is 0. The number of benzene rings is 1. The van der Waals surface area contributed by atoms with Gasteiger partial charge in [-0.25, -0.2) is 9.37 Å². The molecule has 17 heavy (non-hydrogen) atoms. The molecular formula is C13H9FN2S. The Hall–Kier alpha value is -1.86. The maximum Gasteiger partial charge on any atom is 0.123 e. The average Bonchev–Trinajstić information content (AvgIpc) is 2.39. The van der Waals surface area contributed by atoms with Crippen LogP contribution in [0.25, 0.3) is 11.3 Å². The second kappa shape index (κ2) is 4.98. The molecule has 4 heteroatoms. The highest BCUT2D eigenvalue weighted by molar-refractivity contribution is 7.98. The smallest absolute Gasteiger partial charge is 0.123 e. The van der Waals surface area contributed by atoms with Gasteiger partial charge in [0.25, 0.3) is 0 Å². The van der Waals surface area contributed by atoms with Crippen LogP contribution in [0.4, 0.5) is 4.39 Å². The Balaban J connectivity index is 2.47. The largest absolute Gasteiger partial charge is 0.240 e. The molecule has 0 bridgehead atoms. The lowest BCUT2D eigenvalue weighted by atomic mass is 10.1. The van der Waals surface area contributed by atoms with Gasteiger partial charge in [-0.05, 0) is 42.7 Å². The van der Waals surface area contributed by atoms with Crippen LogP contribution in [0.15, 0.2) is 41.4 Å². The second-order valence-corrected chi connectivity index (χ2v) is 4.17. The normalized spacial score (nSPS) is 9.94. The molecular weight excluding hydrogens is 235 g/mol. The van der Waals surface area contributed by atoms with Gasteiger partial charge in [-0.15, -0.1) is 11.8 Å². The van der Waals surface area contributed by atoms with E-state index in [1.165, 1.54) is 23.9 Å². The molecule has 0 atom stereocenters. The van der Waals surface area contributed by atoms with Crippen LogP contribution in [0, 0.1) is 17.1 Å². The zero-order valence-corrected chi connectivity index (χ0v) is 9.96. The standard InChI is InChI=1S/C13H9FN2S/c1-17-13-10(8-15)4-7-12(16-13)9-2-5-11(14)6-3-9/h2-7H,1H3. The Morgan fingerprint density at radius 3 is 2.47 bits per heavy atom. The Bertz CT molecular complexity index is 573. The van der Waals surface area contributed by atoms with Crippen LogP contribution in [0.1, 0.15) is 5.56 Å². The summed E-state index contributed by atoms with van der Waals surface area (Å²) in [5.41, 5.74) is 2.14. The van der Waals surface area contributed by atoms with Crippen molar-refractivity contribution in [1.29, 1.82) is 5.26 Å². The Kier molecular flexibility index (Phi) is 3.40. The fraction of sp³-hybridized carbons (Fsp3) is 0.0769. The highest BCUT2D eigenvalue weighted by Gasteiger charge is 2.06. The van der Waals surface area contributed by atoms with Crippen molar-refractivity contribution >= 4 is 11.8 Å². The first kappa shape index (κ1) is 11.6. The van der Waals surface area contributed by atoms with Gasteiger partial charge in [-0.3, -0.25) is 0 Å². The van der Waals surface area contributed by atoms with Crippen molar-refractivity contribution in [2.24, 2.45) is 0 Å². The van der Waals surface area contributed by atoms with E-state index in [1.54, 1.807) is 24.3 Å². The number of pyridine rings is 1. The molecule has 0 amide bonds. The maximum absolute atomic E-state index is 12.8. The maximum atomic E-state index is 12.8. The summed E-state index contributed by atoms with van der Waals surface area (Å²) in [7, 11) is 0. The van der Waals surface area contributed by atoms with Crippen molar-refractivity contribution < 1.29 is 4.39 Å². The molecule has 0 aliphatic carbocycles. The van der Waals surface area contributed by atoms with Crippen LogP contribution in [0.3, 0.4) is 0 Å². The molecule has 0 saturated carbocycles. The van der Waals surface area contributed by atoms with E-state index in [1.807, 2.05) is 6.26 Å². The lowest BCUT2D eigenvalue weighted by molar-refractivity contribution is 0.628. The van der Waals surface area contributed by atoms with Crippen LogP contribution in [-0.4, -0.2) is 11.2 Å². The number of aromatic nitrogens is 1. The van der Waals surface area contributed by atoms with Gasteiger partial charge in [0.05, 0.1) is 11.3 Å². The van der Waals surface area contributed by atoms with Crippen molar-refractivity contribution in [3.63, 3.8) is 0 Å². The third kappa shape index (κ3) is 2.45. The Labute approximate surface area is 103 Å².